The second kappa shape index (κ2) is 8.93. The number of carbonyl (C=O) groups excluding carboxylic acids is 1. The molecule has 6 heteroatoms. The number of hydrogen-bond acceptors (Lipinski definition) is 3. The summed E-state index contributed by atoms with van der Waals surface area (Å²) in [7, 11) is 0. The Labute approximate surface area is 172 Å². The minimum absolute atomic E-state index is 0. The van der Waals surface area contributed by atoms with E-state index in [1.807, 2.05) is 36.2 Å². The summed E-state index contributed by atoms with van der Waals surface area (Å²) in [5.41, 5.74) is 3.43. The number of amides is 1. The molecule has 1 N–H and O–H groups in total. The van der Waals surface area contributed by atoms with E-state index in [1.165, 1.54) is 11.1 Å². The van der Waals surface area contributed by atoms with Crippen LogP contribution in [0.4, 0.5) is 0 Å². The Morgan fingerprint density at radius 3 is 2.75 bits per heavy atom. The first-order chi connectivity index (χ1) is 13.1. The predicted molar refractivity (Wildman–Crippen MR) is 113 cm³/mol. The van der Waals surface area contributed by atoms with Gasteiger partial charge in [0.15, 0.2) is 0 Å². The smallest absolute Gasteiger partial charge is 0.263 e. The van der Waals surface area contributed by atoms with Crippen molar-refractivity contribution in [2.75, 3.05) is 19.6 Å². The summed E-state index contributed by atoms with van der Waals surface area (Å²) in [4.78, 5) is 28.1. The van der Waals surface area contributed by atoms with Crippen LogP contribution in [-0.4, -0.2) is 35.0 Å². The van der Waals surface area contributed by atoms with Gasteiger partial charge in [-0.3, -0.25) is 9.59 Å². The van der Waals surface area contributed by atoms with Crippen LogP contribution in [0.15, 0.2) is 41.3 Å². The van der Waals surface area contributed by atoms with Crippen molar-refractivity contribution in [2.45, 2.75) is 39.3 Å². The number of fused-ring (bicyclic) bond motifs is 1. The fourth-order valence-electron chi connectivity index (χ4n) is 4.25. The van der Waals surface area contributed by atoms with Crippen LogP contribution in [0, 0.1) is 12.8 Å². The minimum atomic E-state index is -0.149. The molecule has 0 aliphatic carbocycles. The molecule has 2 aromatic rings. The number of nitrogens with zero attached hydrogens (tertiary/aromatic N) is 2. The second-order valence-electron chi connectivity index (χ2n) is 7.79. The van der Waals surface area contributed by atoms with Gasteiger partial charge in [-0.1, -0.05) is 24.3 Å². The molecule has 0 radical (unpaired) electrons. The van der Waals surface area contributed by atoms with Crippen LogP contribution in [0.1, 0.15) is 39.9 Å². The van der Waals surface area contributed by atoms with E-state index >= 15 is 0 Å². The molecule has 5 nitrogen and oxygen atoms in total. The molecule has 0 spiro atoms. The zero-order valence-corrected chi connectivity index (χ0v) is 17.1. The molecular weight excluding hydrogens is 374 g/mol. The van der Waals surface area contributed by atoms with Gasteiger partial charge in [-0.15, -0.1) is 12.4 Å². The van der Waals surface area contributed by atoms with Crippen molar-refractivity contribution in [1.29, 1.82) is 0 Å². The number of halogens is 1. The molecule has 3 heterocycles. The fraction of sp³-hybridized carbons (Fsp3) is 0.455. The zero-order chi connectivity index (χ0) is 18.8. The molecule has 150 valence electrons. The van der Waals surface area contributed by atoms with E-state index in [-0.39, 0.29) is 23.9 Å². The van der Waals surface area contributed by atoms with Crippen LogP contribution in [0.5, 0.6) is 0 Å². The van der Waals surface area contributed by atoms with Crippen LogP contribution in [0.3, 0.4) is 0 Å². The highest BCUT2D eigenvalue weighted by atomic mass is 35.5. The third kappa shape index (κ3) is 4.15. The van der Waals surface area contributed by atoms with Gasteiger partial charge in [0.1, 0.15) is 5.56 Å². The summed E-state index contributed by atoms with van der Waals surface area (Å²) in [6, 6.07) is 10.1. The van der Waals surface area contributed by atoms with Crippen LogP contribution in [0.2, 0.25) is 0 Å². The lowest BCUT2D eigenvalue weighted by Crippen LogP contribution is -2.41. The normalized spacial score (nSPS) is 18.9. The topological polar surface area (TPSA) is 54.3 Å². The molecule has 1 saturated heterocycles. The Balaban J connectivity index is 0.00000225. The molecule has 1 aromatic heterocycles. The van der Waals surface area contributed by atoms with E-state index in [2.05, 4.69) is 17.4 Å². The summed E-state index contributed by atoms with van der Waals surface area (Å²) in [6.45, 7) is 5.77. The molecule has 1 aromatic carbocycles. The van der Waals surface area contributed by atoms with E-state index in [9.17, 15) is 9.59 Å². The first kappa shape index (κ1) is 20.6. The molecule has 4 rings (SSSR count). The first-order valence-corrected chi connectivity index (χ1v) is 9.90. The molecular formula is C22H28ClN3O2. The number of aromatic nitrogens is 1. The summed E-state index contributed by atoms with van der Waals surface area (Å²) < 4.78 is 1.73. The summed E-state index contributed by atoms with van der Waals surface area (Å²) in [5.74, 6) is 0.312. The highest BCUT2D eigenvalue weighted by Crippen LogP contribution is 2.20. The molecule has 1 fully saturated rings. The average Bonchev–Trinajstić information content (AvgIpc) is 2.70. The summed E-state index contributed by atoms with van der Waals surface area (Å²) in [5, 5.41) is 3.39. The quantitative estimate of drug-likeness (QED) is 0.860. The third-order valence-electron chi connectivity index (χ3n) is 5.86. The molecule has 1 amide bonds. The summed E-state index contributed by atoms with van der Waals surface area (Å²) >= 11 is 0. The molecule has 2 aliphatic heterocycles. The van der Waals surface area contributed by atoms with Gasteiger partial charge in [-0.05, 0) is 68.0 Å². The van der Waals surface area contributed by atoms with Gasteiger partial charge < -0.3 is 14.8 Å². The Morgan fingerprint density at radius 1 is 1.21 bits per heavy atom. The van der Waals surface area contributed by atoms with Crippen molar-refractivity contribution >= 4 is 18.3 Å². The Hall–Kier alpha value is -2.11. The number of aryl methyl sites for hydroxylation is 1. The van der Waals surface area contributed by atoms with E-state index < -0.39 is 0 Å². The highest BCUT2D eigenvalue weighted by molar-refractivity contribution is 5.95. The van der Waals surface area contributed by atoms with Gasteiger partial charge in [-0.2, -0.15) is 0 Å². The van der Waals surface area contributed by atoms with Crippen LogP contribution < -0.4 is 10.9 Å². The average molecular weight is 402 g/mol. The Bertz CT molecular complexity index is 903. The number of benzene rings is 1. The van der Waals surface area contributed by atoms with Crippen molar-refractivity contribution in [3.63, 3.8) is 0 Å². The number of rotatable bonds is 3. The van der Waals surface area contributed by atoms with Gasteiger partial charge in [-0.25, -0.2) is 0 Å². The molecule has 1 atom stereocenters. The maximum atomic E-state index is 13.2. The van der Waals surface area contributed by atoms with Crippen molar-refractivity contribution in [2.24, 2.45) is 5.92 Å². The van der Waals surface area contributed by atoms with Gasteiger partial charge >= 0.3 is 0 Å². The van der Waals surface area contributed by atoms with E-state index in [0.717, 1.165) is 37.9 Å². The van der Waals surface area contributed by atoms with Gasteiger partial charge in [0.25, 0.3) is 11.5 Å². The van der Waals surface area contributed by atoms with Gasteiger partial charge in [0, 0.05) is 25.8 Å². The lowest BCUT2D eigenvalue weighted by Gasteiger charge is -2.29. The SMILES string of the molecule is Cc1ccn(CC2CCCNC2)c(=O)c1C(=O)N1CCc2ccccc2C1.Cl. The Kier molecular flexibility index (Phi) is 6.57. The van der Waals surface area contributed by atoms with Crippen molar-refractivity contribution in [3.8, 4) is 0 Å². The maximum Gasteiger partial charge on any atom is 0.263 e. The van der Waals surface area contributed by atoms with E-state index in [0.29, 0.717) is 31.1 Å². The molecule has 0 bridgehead atoms. The van der Waals surface area contributed by atoms with Gasteiger partial charge in [0.05, 0.1) is 0 Å². The number of carbonyl (C=O) groups is 1. The van der Waals surface area contributed by atoms with Crippen molar-refractivity contribution in [3.05, 3.63) is 69.1 Å². The number of hydrogen-bond donors (Lipinski definition) is 1. The van der Waals surface area contributed by atoms with E-state index in [1.54, 1.807) is 4.57 Å². The standard InChI is InChI=1S/C22H27N3O2.ClH/c1-16-8-11-24(14-17-5-4-10-23-13-17)21(26)20(16)22(27)25-12-9-18-6-2-3-7-19(18)15-25;/h2-3,6-8,11,17,23H,4-5,9-10,12-15H2,1H3;1H. The zero-order valence-electron chi connectivity index (χ0n) is 16.3. The first-order valence-electron chi connectivity index (χ1n) is 9.90. The molecule has 1 unspecified atom stereocenters. The lowest BCUT2D eigenvalue weighted by atomic mass is 9.98. The van der Waals surface area contributed by atoms with E-state index in [4.69, 9.17) is 0 Å². The number of pyridine rings is 1. The van der Waals surface area contributed by atoms with Crippen molar-refractivity contribution < 1.29 is 4.79 Å². The van der Waals surface area contributed by atoms with Gasteiger partial charge in [0.2, 0.25) is 0 Å². The van der Waals surface area contributed by atoms with Crippen LogP contribution in [-0.2, 0) is 19.5 Å². The molecule has 28 heavy (non-hydrogen) atoms. The predicted octanol–water partition coefficient (Wildman–Crippen LogP) is 2.78. The lowest BCUT2D eigenvalue weighted by molar-refractivity contribution is 0.0731. The molecule has 0 saturated carbocycles. The minimum Gasteiger partial charge on any atom is -0.334 e. The number of nitrogens with one attached hydrogen (secondary N) is 1. The van der Waals surface area contributed by atoms with Crippen LogP contribution in [0.25, 0.3) is 0 Å². The fourth-order valence-corrected chi connectivity index (χ4v) is 4.25. The van der Waals surface area contributed by atoms with Crippen molar-refractivity contribution in [1.82, 2.24) is 14.8 Å². The Morgan fingerprint density at radius 2 is 2.00 bits per heavy atom. The third-order valence-corrected chi connectivity index (χ3v) is 5.86. The highest BCUT2D eigenvalue weighted by Gasteiger charge is 2.26. The molecule has 2 aliphatic rings. The number of piperidine rings is 1. The largest absolute Gasteiger partial charge is 0.334 e. The maximum absolute atomic E-state index is 13.2. The second-order valence-corrected chi connectivity index (χ2v) is 7.79. The van der Waals surface area contributed by atoms with Crippen LogP contribution >= 0.6 is 12.4 Å². The monoisotopic (exact) mass is 401 g/mol. The summed E-state index contributed by atoms with van der Waals surface area (Å²) in [6.07, 6.45) is 4.95.